The zero-order valence-electron chi connectivity index (χ0n) is 11.4. The van der Waals surface area contributed by atoms with Crippen LogP contribution in [-0.2, 0) is 5.54 Å². The van der Waals surface area contributed by atoms with Crippen LogP contribution in [0, 0.1) is 0 Å². The SMILES string of the molecule is COc1c(OC2CCSCC2)cccc1C1(N)CC1. The van der Waals surface area contributed by atoms with Crippen molar-refractivity contribution >= 4 is 11.8 Å². The van der Waals surface area contributed by atoms with Gasteiger partial charge in [0, 0.05) is 11.1 Å². The summed E-state index contributed by atoms with van der Waals surface area (Å²) in [6, 6.07) is 6.09. The second-order valence-corrected chi connectivity index (χ2v) is 6.65. The summed E-state index contributed by atoms with van der Waals surface area (Å²) >= 11 is 2.01. The van der Waals surface area contributed by atoms with E-state index in [1.54, 1.807) is 7.11 Å². The van der Waals surface area contributed by atoms with Gasteiger partial charge in [-0.05, 0) is 43.3 Å². The maximum atomic E-state index is 6.31. The third-order valence-electron chi connectivity index (χ3n) is 3.97. The summed E-state index contributed by atoms with van der Waals surface area (Å²) in [5.74, 6) is 4.07. The van der Waals surface area contributed by atoms with Gasteiger partial charge in [-0.2, -0.15) is 11.8 Å². The van der Waals surface area contributed by atoms with Gasteiger partial charge in [0.1, 0.15) is 6.10 Å². The zero-order valence-corrected chi connectivity index (χ0v) is 12.2. The van der Waals surface area contributed by atoms with E-state index in [2.05, 4.69) is 6.07 Å². The highest BCUT2D eigenvalue weighted by Crippen LogP contribution is 2.49. The monoisotopic (exact) mass is 279 g/mol. The molecule has 2 fully saturated rings. The van der Waals surface area contributed by atoms with Gasteiger partial charge in [0.15, 0.2) is 11.5 Å². The van der Waals surface area contributed by atoms with E-state index in [4.69, 9.17) is 15.2 Å². The molecule has 0 unspecified atom stereocenters. The maximum Gasteiger partial charge on any atom is 0.165 e. The first-order valence-corrected chi connectivity index (χ1v) is 8.09. The predicted octanol–water partition coefficient (Wildman–Crippen LogP) is 2.92. The number of para-hydroxylation sites is 1. The van der Waals surface area contributed by atoms with Crippen molar-refractivity contribution in [2.45, 2.75) is 37.3 Å². The van der Waals surface area contributed by atoms with Crippen molar-refractivity contribution in [1.82, 2.24) is 0 Å². The lowest BCUT2D eigenvalue weighted by Crippen LogP contribution is -2.24. The largest absolute Gasteiger partial charge is 0.493 e. The Labute approximate surface area is 118 Å². The van der Waals surface area contributed by atoms with Gasteiger partial charge in [0.25, 0.3) is 0 Å². The van der Waals surface area contributed by atoms with Gasteiger partial charge in [-0.25, -0.2) is 0 Å². The second kappa shape index (κ2) is 5.25. The minimum absolute atomic E-state index is 0.187. The number of thioether (sulfide) groups is 1. The Morgan fingerprint density at radius 1 is 1.26 bits per heavy atom. The third kappa shape index (κ3) is 2.70. The molecule has 1 aliphatic heterocycles. The summed E-state index contributed by atoms with van der Waals surface area (Å²) in [6.45, 7) is 0. The number of nitrogens with two attached hydrogens (primary N) is 1. The molecule has 1 saturated carbocycles. The molecule has 1 aromatic rings. The minimum atomic E-state index is -0.187. The summed E-state index contributed by atoms with van der Waals surface area (Å²) in [4.78, 5) is 0. The van der Waals surface area contributed by atoms with Crippen molar-refractivity contribution in [3.63, 3.8) is 0 Å². The number of hydrogen-bond donors (Lipinski definition) is 1. The Balaban J connectivity index is 1.83. The maximum absolute atomic E-state index is 6.31. The lowest BCUT2D eigenvalue weighted by Gasteiger charge is -2.25. The van der Waals surface area contributed by atoms with E-state index in [-0.39, 0.29) is 5.54 Å². The van der Waals surface area contributed by atoms with Crippen LogP contribution in [0.15, 0.2) is 18.2 Å². The van der Waals surface area contributed by atoms with Gasteiger partial charge in [0.2, 0.25) is 0 Å². The van der Waals surface area contributed by atoms with Crippen LogP contribution in [0.5, 0.6) is 11.5 Å². The Kier molecular flexibility index (Phi) is 3.63. The number of methoxy groups -OCH3 is 1. The summed E-state index contributed by atoms with van der Waals surface area (Å²) in [5, 5.41) is 0. The highest BCUT2D eigenvalue weighted by Gasteiger charge is 2.43. The van der Waals surface area contributed by atoms with Crippen molar-refractivity contribution < 1.29 is 9.47 Å². The van der Waals surface area contributed by atoms with Gasteiger partial charge in [0.05, 0.1) is 7.11 Å². The highest BCUT2D eigenvalue weighted by atomic mass is 32.2. The fourth-order valence-electron chi connectivity index (χ4n) is 2.59. The fourth-order valence-corrected chi connectivity index (χ4v) is 3.65. The second-order valence-electron chi connectivity index (χ2n) is 5.42. The van der Waals surface area contributed by atoms with Crippen molar-refractivity contribution in [1.29, 1.82) is 0 Å². The van der Waals surface area contributed by atoms with E-state index in [0.29, 0.717) is 6.10 Å². The zero-order chi connectivity index (χ0) is 13.3. The normalized spacial score (nSPS) is 22.0. The van der Waals surface area contributed by atoms with Crippen LogP contribution >= 0.6 is 11.8 Å². The van der Waals surface area contributed by atoms with Gasteiger partial charge in [-0.3, -0.25) is 0 Å². The smallest absolute Gasteiger partial charge is 0.165 e. The molecule has 0 amide bonds. The molecular formula is C15H21NO2S. The first kappa shape index (κ1) is 13.1. The summed E-state index contributed by atoms with van der Waals surface area (Å²) in [5.41, 5.74) is 7.22. The summed E-state index contributed by atoms with van der Waals surface area (Å²) < 4.78 is 11.7. The number of rotatable bonds is 4. The third-order valence-corrected chi connectivity index (χ3v) is 5.02. The molecule has 0 aromatic heterocycles. The Morgan fingerprint density at radius 2 is 2.00 bits per heavy atom. The van der Waals surface area contributed by atoms with E-state index < -0.39 is 0 Å². The molecule has 0 spiro atoms. The fraction of sp³-hybridized carbons (Fsp3) is 0.600. The molecule has 1 saturated heterocycles. The van der Waals surface area contributed by atoms with Crippen molar-refractivity contribution in [3.8, 4) is 11.5 Å². The van der Waals surface area contributed by atoms with Crippen LogP contribution in [0.2, 0.25) is 0 Å². The van der Waals surface area contributed by atoms with Gasteiger partial charge >= 0.3 is 0 Å². The molecule has 0 atom stereocenters. The number of hydrogen-bond acceptors (Lipinski definition) is 4. The van der Waals surface area contributed by atoms with Gasteiger partial charge in [-0.1, -0.05) is 12.1 Å². The van der Waals surface area contributed by atoms with E-state index >= 15 is 0 Å². The van der Waals surface area contributed by atoms with Crippen LogP contribution in [0.25, 0.3) is 0 Å². The molecule has 0 bridgehead atoms. The Morgan fingerprint density at radius 3 is 2.63 bits per heavy atom. The molecule has 19 heavy (non-hydrogen) atoms. The van der Waals surface area contributed by atoms with Gasteiger partial charge < -0.3 is 15.2 Å². The molecule has 3 rings (SSSR count). The van der Waals surface area contributed by atoms with Crippen LogP contribution in [-0.4, -0.2) is 24.7 Å². The van der Waals surface area contributed by atoms with Crippen LogP contribution in [0.1, 0.15) is 31.2 Å². The van der Waals surface area contributed by atoms with Crippen LogP contribution in [0.3, 0.4) is 0 Å². The van der Waals surface area contributed by atoms with E-state index in [1.807, 2.05) is 23.9 Å². The lowest BCUT2D eigenvalue weighted by atomic mass is 10.0. The standard InChI is InChI=1S/C15H21NO2S/c1-17-14-12(15(16)7-8-15)3-2-4-13(14)18-11-5-9-19-10-6-11/h2-4,11H,5-10,16H2,1H3. The van der Waals surface area contributed by atoms with E-state index in [0.717, 1.165) is 42.7 Å². The first-order valence-electron chi connectivity index (χ1n) is 6.94. The van der Waals surface area contributed by atoms with Crippen molar-refractivity contribution in [3.05, 3.63) is 23.8 Å². The molecule has 2 aliphatic rings. The topological polar surface area (TPSA) is 44.5 Å². The van der Waals surface area contributed by atoms with E-state index in [1.165, 1.54) is 11.5 Å². The lowest BCUT2D eigenvalue weighted by molar-refractivity contribution is 0.184. The highest BCUT2D eigenvalue weighted by molar-refractivity contribution is 7.99. The number of ether oxygens (including phenoxy) is 2. The average molecular weight is 279 g/mol. The van der Waals surface area contributed by atoms with Gasteiger partial charge in [-0.15, -0.1) is 0 Å². The van der Waals surface area contributed by atoms with Crippen molar-refractivity contribution in [2.75, 3.05) is 18.6 Å². The molecule has 4 heteroatoms. The predicted molar refractivity (Wildman–Crippen MR) is 79.1 cm³/mol. The summed E-state index contributed by atoms with van der Waals surface area (Å²) in [6.07, 6.45) is 4.62. The number of benzene rings is 1. The quantitative estimate of drug-likeness (QED) is 0.920. The van der Waals surface area contributed by atoms with E-state index in [9.17, 15) is 0 Å². The molecule has 1 heterocycles. The van der Waals surface area contributed by atoms with Crippen LogP contribution < -0.4 is 15.2 Å². The van der Waals surface area contributed by atoms with Crippen LogP contribution in [0.4, 0.5) is 0 Å². The molecule has 1 aliphatic carbocycles. The van der Waals surface area contributed by atoms with Crippen molar-refractivity contribution in [2.24, 2.45) is 5.73 Å². The minimum Gasteiger partial charge on any atom is -0.493 e. The Hall–Kier alpha value is -0.870. The molecule has 3 nitrogen and oxygen atoms in total. The molecule has 2 N–H and O–H groups in total. The average Bonchev–Trinajstić information content (AvgIpc) is 3.19. The summed E-state index contributed by atoms with van der Waals surface area (Å²) in [7, 11) is 1.70. The molecule has 104 valence electrons. The first-order chi connectivity index (χ1) is 9.23. The molecule has 0 radical (unpaired) electrons. The Bertz CT molecular complexity index is 453. The molecule has 1 aromatic carbocycles. The molecular weight excluding hydrogens is 258 g/mol.